The van der Waals surface area contributed by atoms with Crippen molar-refractivity contribution in [2.75, 3.05) is 14.2 Å². The Balaban J connectivity index is 1.92. The van der Waals surface area contributed by atoms with Crippen LogP contribution in [0.3, 0.4) is 0 Å². The molecule has 1 N–H and O–H groups in total. The molecule has 2 unspecified atom stereocenters. The summed E-state index contributed by atoms with van der Waals surface area (Å²) >= 11 is 0. The molecule has 1 aromatic rings. The van der Waals surface area contributed by atoms with Gasteiger partial charge in [-0.15, -0.1) is 0 Å². The van der Waals surface area contributed by atoms with Crippen LogP contribution in [0.5, 0.6) is 5.75 Å². The smallest absolute Gasteiger partial charge is 0.122 e. The van der Waals surface area contributed by atoms with Crippen LogP contribution < -0.4 is 4.74 Å². The van der Waals surface area contributed by atoms with Crippen LogP contribution >= 0.6 is 0 Å². The molecule has 110 valence electrons. The van der Waals surface area contributed by atoms with E-state index in [9.17, 15) is 5.11 Å². The summed E-state index contributed by atoms with van der Waals surface area (Å²) in [4.78, 5) is 2.48. The molecule has 2 atom stereocenters. The van der Waals surface area contributed by atoms with Crippen LogP contribution in [0.15, 0.2) is 18.2 Å². The van der Waals surface area contributed by atoms with Gasteiger partial charge in [-0.3, -0.25) is 0 Å². The average molecular weight is 275 g/mol. The zero-order valence-corrected chi connectivity index (χ0v) is 12.7. The Morgan fingerprint density at radius 2 is 1.90 bits per heavy atom. The SMILES string of the molecule is COc1cc(C2(O)CC3CCCC(C2)N3C)ccc1C. The third-order valence-corrected chi connectivity index (χ3v) is 5.32. The Labute approximate surface area is 121 Å². The molecule has 0 aromatic heterocycles. The topological polar surface area (TPSA) is 32.7 Å². The lowest BCUT2D eigenvalue weighted by Gasteiger charge is -2.50. The van der Waals surface area contributed by atoms with Gasteiger partial charge in [-0.2, -0.15) is 0 Å². The molecule has 0 radical (unpaired) electrons. The molecule has 2 fully saturated rings. The summed E-state index contributed by atoms with van der Waals surface area (Å²) in [7, 11) is 3.91. The van der Waals surface area contributed by atoms with Gasteiger partial charge in [0.15, 0.2) is 0 Å². The summed E-state index contributed by atoms with van der Waals surface area (Å²) in [5.74, 6) is 0.875. The molecule has 3 nitrogen and oxygen atoms in total. The van der Waals surface area contributed by atoms with Gasteiger partial charge in [0.05, 0.1) is 12.7 Å². The van der Waals surface area contributed by atoms with E-state index in [4.69, 9.17) is 4.74 Å². The predicted octanol–water partition coefficient (Wildman–Crippen LogP) is 2.84. The lowest BCUT2D eigenvalue weighted by molar-refractivity contribution is -0.0875. The molecular formula is C17H25NO2. The monoisotopic (exact) mass is 275 g/mol. The summed E-state index contributed by atoms with van der Waals surface area (Å²) in [5, 5.41) is 11.2. The van der Waals surface area contributed by atoms with Crippen molar-refractivity contribution in [3.8, 4) is 5.75 Å². The molecule has 2 bridgehead atoms. The maximum Gasteiger partial charge on any atom is 0.122 e. The van der Waals surface area contributed by atoms with Crippen molar-refractivity contribution in [3.63, 3.8) is 0 Å². The molecule has 20 heavy (non-hydrogen) atoms. The highest BCUT2D eigenvalue weighted by molar-refractivity contribution is 5.39. The van der Waals surface area contributed by atoms with Gasteiger partial charge in [-0.25, -0.2) is 0 Å². The summed E-state index contributed by atoms with van der Waals surface area (Å²) < 4.78 is 5.42. The average Bonchev–Trinajstić information content (AvgIpc) is 2.41. The molecule has 0 aliphatic carbocycles. The molecule has 0 amide bonds. The number of methoxy groups -OCH3 is 1. The third-order valence-electron chi connectivity index (χ3n) is 5.32. The third kappa shape index (κ3) is 2.23. The molecule has 2 aliphatic heterocycles. The number of hydrogen-bond acceptors (Lipinski definition) is 3. The van der Waals surface area contributed by atoms with E-state index >= 15 is 0 Å². The standard InChI is InChI=1S/C17H25NO2/c1-12-7-8-13(9-16(12)20-3)17(19)10-14-5-4-6-15(11-17)18(14)2/h7-9,14-15,19H,4-6,10-11H2,1-3H3. The molecule has 3 rings (SSSR count). The fraction of sp³-hybridized carbons (Fsp3) is 0.647. The lowest BCUT2D eigenvalue weighted by atomic mass is 9.72. The second kappa shape index (κ2) is 5.05. The van der Waals surface area contributed by atoms with Crippen LogP contribution in [0.25, 0.3) is 0 Å². The maximum atomic E-state index is 11.2. The van der Waals surface area contributed by atoms with Crippen molar-refractivity contribution in [1.29, 1.82) is 0 Å². The fourth-order valence-corrected chi connectivity index (χ4v) is 3.99. The Kier molecular flexibility index (Phi) is 3.51. The zero-order valence-electron chi connectivity index (χ0n) is 12.7. The molecule has 2 aliphatic rings. The molecule has 0 spiro atoms. The van der Waals surface area contributed by atoms with Crippen molar-refractivity contribution in [3.05, 3.63) is 29.3 Å². The number of piperidine rings is 2. The molecule has 0 saturated carbocycles. The molecular weight excluding hydrogens is 250 g/mol. The minimum Gasteiger partial charge on any atom is -0.496 e. The number of fused-ring (bicyclic) bond motifs is 2. The Morgan fingerprint density at radius 3 is 2.50 bits per heavy atom. The van der Waals surface area contributed by atoms with Gasteiger partial charge in [0.25, 0.3) is 0 Å². The highest BCUT2D eigenvalue weighted by atomic mass is 16.5. The summed E-state index contributed by atoms with van der Waals surface area (Å²) in [6.45, 7) is 2.04. The number of rotatable bonds is 2. The first-order valence-electron chi connectivity index (χ1n) is 7.63. The fourth-order valence-electron chi connectivity index (χ4n) is 3.99. The van der Waals surface area contributed by atoms with Gasteiger partial charge < -0.3 is 14.7 Å². The van der Waals surface area contributed by atoms with Gasteiger partial charge in [0, 0.05) is 12.1 Å². The Bertz CT molecular complexity index is 486. The van der Waals surface area contributed by atoms with Gasteiger partial charge >= 0.3 is 0 Å². The largest absolute Gasteiger partial charge is 0.496 e. The Hall–Kier alpha value is -1.06. The minimum absolute atomic E-state index is 0.514. The molecule has 3 heteroatoms. The number of nitrogens with zero attached hydrogens (tertiary/aromatic N) is 1. The molecule has 2 saturated heterocycles. The molecule has 1 aromatic carbocycles. The summed E-state index contributed by atoms with van der Waals surface area (Å²) in [6, 6.07) is 7.18. The summed E-state index contributed by atoms with van der Waals surface area (Å²) in [5.41, 5.74) is 1.45. The molecule has 2 heterocycles. The number of aliphatic hydroxyl groups is 1. The van der Waals surface area contributed by atoms with Crippen molar-refractivity contribution in [1.82, 2.24) is 4.90 Å². The van der Waals surface area contributed by atoms with E-state index in [2.05, 4.69) is 24.1 Å². The van der Waals surface area contributed by atoms with Crippen LogP contribution in [0.2, 0.25) is 0 Å². The van der Waals surface area contributed by atoms with E-state index in [1.54, 1.807) is 7.11 Å². The van der Waals surface area contributed by atoms with Crippen LogP contribution in [0, 0.1) is 6.92 Å². The highest BCUT2D eigenvalue weighted by Gasteiger charge is 2.44. The lowest BCUT2D eigenvalue weighted by Crippen LogP contribution is -2.55. The number of aryl methyl sites for hydroxylation is 1. The van der Waals surface area contributed by atoms with Gasteiger partial charge in [-0.1, -0.05) is 18.6 Å². The van der Waals surface area contributed by atoms with E-state index in [1.807, 2.05) is 13.0 Å². The Morgan fingerprint density at radius 1 is 1.25 bits per heavy atom. The van der Waals surface area contributed by atoms with Crippen molar-refractivity contribution >= 4 is 0 Å². The predicted molar refractivity (Wildman–Crippen MR) is 80.1 cm³/mol. The number of ether oxygens (including phenoxy) is 1. The van der Waals surface area contributed by atoms with Gasteiger partial charge in [0.1, 0.15) is 5.75 Å². The first-order chi connectivity index (χ1) is 9.53. The number of benzene rings is 1. The van der Waals surface area contributed by atoms with Gasteiger partial charge in [0.2, 0.25) is 0 Å². The van der Waals surface area contributed by atoms with E-state index in [0.717, 1.165) is 29.7 Å². The maximum absolute atomic E-state index is 11.2. The first kappa shape index (κ1) is 13.9. The van der Waals surface area contributed by atoms with Crippen molar-refractivity contribution < 1.29 is 9.84 Å². The van der Waals surface area contributed by atoms with E-state index in [-0.39, 0.29) is 0 Å². The highest BCUT2D eigenvalue weighted by Crippen LogP contribution is 2.44. The quantitative estimate of drug-likeness (QED) is 0.901. The van der Waals surface area contributed by atoms with E-state index < -0.39 is 5.60 Å². The zero-order chi connectivity index (χ0) is 14.3. The number of hydrogen-bond donors (Lipinski definition) is 1. The van der Waals surface area contributed by atoms with Crippen LogP contribution in [-0.2, 0) is 5.60 Å². The van der Waals surface area contributed by atoms with Crippen LogP contribution in [-0.4, -0.2) is 36.2 Å². The van der Waals surface area contributed by atoms with E-state index in [1.165, 1.54) is 19.3 Å². The van der Waals surface area contributed by atoms with E-state index in [0.29, 0.717) is 12.1 Å². The second-order valence-corrected chi connectivity index (χ2v) is 6.53. The summed E-state index contributed by atoms with van der Waals surface area (Å²) in [6.07, 6.45) is 5.39. The van der Waals surface area contributed by atoms with Crippen LogP contribution in [0.4, 0.5) is 0 Å². The second-order valence-electron chi connectivity index (χ2n) is 6.53. The van der Waals surface area contributed by atoms with Crippen LogP contribution in [0.1, 0.15) is 43.2 Å². The minimum atomic E-state index is -0.691. The van der Waals surface area contributed by atoms with Gasteiger partial charge in [-0.05, 0) is 56.8 Å². The van der Waals surface area contributed by atoms with Crippen molar-refractivity contribution in [2.45, 2.75) is 56.7 Å². The first-order valence-corrected chi connectivity index (χ1v) is 7.63. The van der Waals surface area contributed by atoms with Crippen molar-refractivity contribution in [2.24, 2.45) is 0 Å². The normalized spacial score (nSPS) is 34.0.